The first-order valence-electron chi connectivity index (χ1n) is 2.12. The monoisotopic (exact) mass is 151 g/mol. The fourth-order valence-corrected chi connectivity index (χ4v) is 2.30. The SMILES string of the molecule is ClC1C=CC[Si]1Cl. The molecule has 0 fully saturated rings. The molecule has 0 bridgehead atoms. The van der Waals surface area contributed by atoms with Crippen LogP contribution in [0.15, 0.2) is 12.2 Å². The highest BCUT2D eigenvalue weighted by atomic mass is 35.6. The minimum Gasteiger partial charge on any atom is -0.167 e. The van der Waals surface area contributed by atoms with E-state index in [1.54, 1.807) is 0 Å². The van der Waals surface area contributed by atoms with Gasteiger partial charge in [-0.25, -0.2) is 0 Å². The van der Waals surface area contributed by atoms with Crippen molar-refractivity contribution in [3.63, 3.8) is 0 Å². The molecule has 3 heteroatoms. The Morgan fingerprint density at radius 1 is 1.71 bits per heavy atom. The van der Waals surface area contributed by atoms with E-state index in [4.69, 9.17) is 22.7 Å². The molecule has 1 unspecified atom stereocenters. The zero-order valence-electron chi connectivity index (χ0n) is 3.70. The summed E-state index contributed by atoms with van der Waals surface area (Å²) in [6, 6.07) is 1.03. The highest BCUT2D eigenvalue weighted by Crippen LogP contribution is 2.18. The van der Waals surface area contributed by atoms with Crippen LogP contribution in [0.1, 0.15) is 0 Å². The molecule has 0 aromatic carbocycles. The van der Waals surface area contributed by atoms with Gasteiger partial charge in [0.2, 0.25) is 0 Å². The predicted octanol–water partition coefficient (Wildman–Crippen LogP) is 1.93. The van der Waals surface area contributed by atoms with Crippen molar-refractivity contribution >= 4 is 30.8 Å². The summed E-state index contributed by atoms with van der Waals surface area (Å²) in [4.78, 5) is 0. The summed E-state index contributed by atoms with van der Waals surface area (Å²) in [5, 5.41) is 0.173. The molecule has 0 nitrogen and oxygen atoms in total. The average molecular weight is 152 g/mol. The molecule has 1 aliphatic rings. The van der Waals surface area contributed by atoms with Gasteiger partial charge in [0.05, 0.1) is 5.00 Å². The Labute approximate surface area is 54.4 Å². The second-order valence-corrected chi connectivity index (χ2v) is 5.70. The topological polar surface area (TPSA) is 0 Å². The molecule has 39 valence electrons. The van der Waals surface area contributed by atoms with Crippen LogP contribution < -0.4 is 0 Å². The molecule has 1 aliphatic heterocycles. The lowest BCUT2D eigenvalue weighted by Gasteiger charge is -1.96. The molecular formula is C4H5Cl2Si. The molecule has 0 saturated carbocycles. The molecule has 1 heterocycles. The molecule has 1 rings (SSSR count). The number of rotatable bonds is 0. The quantitative estimate of drug-likeness (QED) is 0.215. The maximum Gasteiger partial charge on any atom is 0.192 e. The molecule has 0 aromatic heterocycles. The highest BCUT2D eigenvalue weighted by molar-refractivity contribution is 7.11. The third-order valence-electron chi connectivity index (χ3n) is 0.917. The van der Waals surface area contributed by atoms with Crippen LogP contribution in [0, 0.1) is 0 Å². The molecule has 0 N–H and O–H groups in total. The molecule has 0 aromatic rings. The minimum atomic E-state index is -0.708. The third kappa shape index (κ3) is 1.21. The number of halogens is 2. The number of hydrogen-bond donors (Lipinski definition) is 0. The van der Waals surface area contributed by atoms with E-state index in [-0.39, 0.29) is 5.00 Å². The number of allylic oxidation sites excluding steroid dienone is 2. The number of alkyl halides is 1. The van der Waals surface area contributed by atoms with Crippen molar-refractivity contribution in [1.29, 1.82) is 0 Å². The van der Waals surface area contributed by atoms with Crippen LogP contribution in [0.25, 0.3) is 0 Å². The molecule has 7 heavy (non-hydrogen) atoms. The van der Waals surface area contributed by atoms with E-state index in [9.17, 15) is 0 Å². The predicted molar refractivity (Wildman–Crippen MR) is 35.2 cm³/mol. The summed E-state index contributed by atoms with van der Waals surface area (Å²) < 4.78 is 0. The molecule has 0 amide bonds. The Morgan fingerprint density at radius 3 is 2.57 bits per heavy atom. The molecule has 1 radical (unpaired) electrons. The summed E-state index contributed by atoms with van der Waals surface area (Å²) in [5.74, 6) is 0. The molecule has 0 saturated heterocycles. The summed E-state index contributed by atoms with van der Waals surface area (Å²) in [6.07, 6.45) is 4.03. The Balaban J connectivity index is 2.45. The van der Waals surface area contributed by atoms with Crippen molar-refractivity contribution in [3.05, 3.63) is 12.2 Å². The maximum atomic E-state index is 5.77. The van der Waals surface area contributed by atoms with E-state index < -0.39 is 8.11 Å². The first-order chi connectivity index (χ1) is 3.30. The van der Waals surface area contributed by atoms with Gasteiger partial charge in [-0.15, -0.1) is 11.6 Å². The van der Waals surface area contributed by atoms with Gasteiger partial charge in [0.1, 0.15) is 0 Å². The van der Waals surface area contributed by atoms with Gasteiger partial charge in [-0.1, -0.05) is 12.2 Å². The van der Waals surface area contributed by atoms with E-state index >= 15 is 0 Å². The smallest absolute Gasteiger partial charge is 0.167 e. The molecular weight excluding hydrogens is 147 g/mol. The van der Waals surface area contributed by atoms with Gasteiger partial charge in [0, 0.05) is 0 Å². The second kappa shape index (κ2) is 2.20. The molecule has 0 aliphatic carbocycles. The average Bonchev–Trinajstić information content (AvgIpc) is 1.91. The molecule has 1 atom stereocenters. The Morgan fingerprint density at radius 2 is 2.43 bits per heavy atom. The van der Waals surface area contributed by atoms with Crippen molar-refractivity contribution in [3.8, 4) is 0 Å². The maximum absolute atomic E-state index is 5.77. The van der Waals surface area contributed by atoms with Crippen LogP contribution in [-0.2, 0) is 0 Å². The van der Waals surface area contributed by atoms with Gasteiger partial charge < -0.3 is 0 Å². The fourth-order valence-electron chi connectivity index (χ4n) is 0.517. The van der Waals surface area contributed by atoms with E-state index in [2.05, 4.69) is 6.08 Å². The molecule has 0 spiro atoms. The number of hydrogen-bond acceptors (Lipinski definition) is 0. The zero-order chi connectivity index (χ0) is 5.28. The summed E-state index contributed by atoms with van der Waals surface area (Å²) >= 11 is 11.5. The van der Waals surface area contributed by atoms with Gasteiger partial charge in [0.25, 0.3) is 0 Å². The van der Waals surface area contributed by atoms with Crippen LogP contribution in [-0.4, -0.2) is 13.1 Å². The Hall–Kier alpha value is 0.537. The van der Waals surface area contributed by atoms with Crippen molar-refractivity contribution in [2.75, 3.05) is 0 Å². The van der Waals surface area contributed by atoms with Gasteiger partial charge in [-0.3, -0.25) is 0 Å². The summed E-state index contributed by atoms with van der Waals surface area (Å²) in [7, 11) is -0.708. The Kier molecular flexibility index (Phi) is 1.78. The van der Waals surface area contributed by atoms with Crippen molar-refractivity contribution in [1.82, 2.24) is 0 Å². The van der Waals surface area contributed by atoms with Crippen LogP contribution in [0.5, 0.6) is 0 Å². The van der Waals surface area contributed by atoms with Crippen molar-refractivity contribution in [2.24, 2.45) is 0 Å². The second-order valence-electron chi connectivity index (χ2n) is 1.48. The first-order valence-corrected chi connectivity index (χ1v) is 5.36. The summed E-state index contributed by atoms with van der Waals surface area (Å²) in [5.41, 5.74) is 0. The zero-order valence-corrected chi connectivity index (χ0v) is 6.21. The van der Waals surface area contributed by atoms with Gasteiger partial charge in [-0.2, -0.15) is 11.1 Å². The normalized spacial score (nSPS) is 32.0. The van der Waals surface area contributed by atoms with Crippen LogP contribution in [0.3, 0.4) is 0 Å². The van der Waals surface area contributed by atoms with Crippen LogP contribution in [0.4, 0.5) is 0 Å². The lowest BCUT2D eigenvalue weighted by molar-refractivity contribution is 1.62. The standard InChI is InChI=1S/C4H5Cl2Si/c5-4-2-1-3-7(4)6/h1-2,4H,3H2. The van der Waals surface area contributed by atoms with Crippen molar-refractivity contribution < 1.29 is 0 Å². The summed E-state index contributed by atoms with van der Waals surface area (Å²) in [6.45, 7) is 0. The Bertz CT molecular complexity index is 91.7. The van der Waals surface area contributed by atoms with E-state index in [1.165, 1.54) is 0 Å². The van der Waals surface area contributed by atoms with Gasteiger partial charge in [-0.05, 0) is 6.04 Å². The van der Waals surface area contributed by atoms with E-state index in [1.807, 2.05) is 6.08 Å². The van der Waals surface area contributed by atoms with Crippen LogP contribution in [0.2, 0.25) is 6.04 Å². The lowest BCUT2D eigenvalue weighted by Crippen LogP contribution is -2.10. The lowest BCUT2D eigenvalue weighted by atomic mass is 10.6. The van der Waals surface area contributed by atoms with E-state index in [0.29, 0.717) is 0 Å². The fraction of sp³-hybridized carbons (Fsp3) is 0.500. The van der Waals surface area contributed by atoms with Crippen LogP contribution >= 0.6 is 22.7 Å². The van der Waals surface area contributed by atoms with Crippen molar-refractivity contribution in [2.45, 2.75) is 11.0 Å². The highest BCUT2D eigenvalue weighted by Gasteiger charge is 2.19. The van der Waals surface area contributed by atoms with E-state index in [0.717, 1.165) is 6.04 Å². The van der Waals surface area contributed by atoms with Gasteiger partial charge in [0.15, 0.2) is 8.11 Å². The minimum absolute atomic E-state index is 0.173. The largest absolute Gasteiger partial charge is 0.192 e. The van der Waals surface area contributed by atoms with Gasteiger partial charge >= 0.3 is 0 Å². The third-order valence-corrected chi connectivity index (χ3v) is 4.77. The first kappa shape index (κ1) is 5.67.